The van der Waals surface area contributed by atoms with Crippen molar-refractivity contribution < 1.29 is 4.74 Å². The van der Waals surface area contributed by atoms with Crippen LogP contribution >= 0.6 is 12.2 Å². The first-order valence-electron chi connectivity index (χ1n) is 2.69. The van der Waals surface area contributed by atoms with Gasteiger partial charge in [0.25, 0.3) is 5.17 Å². The molecule has 0 spiro atoms. The van der Waals surface area contributed by atoms with Gasteiger partial charge in [0.15, 0.2) is 0 Å². The summed E-state index contributed by atoms with van der Waals surface area (Å²) in [7, 11) is 0. The minimum Gasteiger partial charge on any atom is -0.471 e. The highest BCUT2D eigenvalue weighted by atomic mass is 32.1. The van der Waals surface area contributed by atoms with Crippen molar-refractivity contribution in [2.45, 2.75) is 19.8 Å². The van der Waals surface area contributed by atoms with Crippen LogP contribution < -0.4 is 5.73 Å². The molecule has 8 heavy (non-hydrogen) atoms. The summed E-state index contributed by atoms with van der Waals surface area (Å²) in [6.45, 7) is 2.74. The number of rotatable bonds is 3. The van der Waals surface area contributed by atoms with Gasteiger partial charge in [-0.2, -0.15) is 0 Å². The Hall–Kier alpha value is -0.310. The van der Waals surface area contributed by atoms with Crippen LogP contribution in [0.4, 0.5) is 0 Å². The molecule has 0 unspecified atom stereocenters. The molecule has 48 valence electrons. The number of nitrogens with two attached hydrogens (primary N) is 1. The van der Waals surface area contributed by atoms with Gasteiger partial charge in [0.2, 0.25) is 0 Å². The number of hydrogen-bond donors (Lipinski definition) is 1. The maximum absolute atomic E-state index is 5.04. The van der Waals surface area contributed by atoms with E-state index in [-0.39, 0.29) is 5.17 Å². The van der Waals surface area contributed by atoms with E-state index in [4.69, 9.17) is 10.5 Å². The first kappa shape index (κ1) is 7.69. The zero-order valence-corrected chi connectivity index (χ0v) is 5.83. The van der Waals surface area contributed by atoms with E-state index in [1.807, 2.05) is 0 Å². The lowest BCUT2D eigenvalue weighted by atomic mass is 10.4. The summed E-state index contributed by atoms with van der Waals surface area (Å²) in [5.41, 5.74) is 5.04. The lowest BCUT2D eigenvalue weighted by Gasteiger charge is -1.98. The van der Waals surface area contributed by atoms with E-state index in [0.717, 1.165) is 12.8 Å². The molecule has 0 rings (SSSR count). The quantitative estimate of drug-likeness (QED) is 0.461. The minimum atomic E-state index is 0.151. The molecule has 3 heteroatoms. The molecule has 2 N–H and O–H groups in total. The van der Waals surface area contributed by atoms with Gasteiger partial charge >= 0.3 is 0 Å². The van der Waals surface area contributed by atoms with E-state index in [0.29, 0.717) is 6.61 Å². The van der Waals surface area contributed by atoms with E-state index < -0.39 is 0 Å². The number of unbranched alkanes of at least 4 members (excludes halogenated alkanes) is 1. The van der Waals surface area contributed by atoms with Gasteiger partial charge in [-0.25, -0.2) is 0 Å². The molecule has 0 heterocycles. The summed E-state index contributed by atoms with van der Waals surface area (Å²) in [6.07, 6.45) is 2.14. The van der Waals surface area contributed by atoms with E-state index in [1.54, 1.807) is 0 Å². The van der Waals surface area contributed by atoms with Gasteiger partial charge in [-0.15, -0.1) is 0 Å². The molecule has 0 fully saturated rings. The third-order valence-electron chi connectivity index (χ3n) is 0.742. The van der Waals surface area contributed by atoms with E-state index in [9.17, 15) is 0 Å². The highest BCUT2D eigenvalue weighted by molar-refractivity contribution is 7.80. The van der Waals surface area contributed by atoms with Crippen molar-refractivity contribution in [2.75, 3.05) is 6.61 Å². The number of thiocarbonyl (C=S) groups is 1. The van der Waals surface area contributed by atoms with Crippen LogP contribution in [-0.2, 0) is 4.74 Å². The Morgan fingerprint density at radius 1 is 1.75 bits per heavy atom. The van der Waals surface area contributed by atoms with Crippen LogP contribution in [0.15, 0.2) is 0 Å². The average Bonchev–Trinajstić information content (AvgIpc) is 1.66. The molecule has 0 bridgehead atoms. The second-order valence-electron chi connectivity index (χ2n) is 1.52. The SMILES string of the molecule is CCCCOC(N)=S. The Morgan fingerprint density at radius 2 is 2.38 bits per heavy atom. The van der Waals surface area contributed by atoms with Gasteiger partial charge in [-0.1, -0.05) is 13.3 Å². The van der Waals surface area contributed by atoms with Crippen LogP contribution in [-0.4, -0.2) is 11.8 Å². The summed E-state index contributed by atoms with van der Waals surface area (Å²) in [6, 6.07) is 0. The predicted octanol–water partition coefficient (Wildman–Crippen LogP) is 1.05. The minimum absolute atomic E-state index is 0.151. The average molecular weight is 133 g/mol. The molecule has 0 aliphatic carbocycles. The normalized spacial score (nSPS) is 8.62. The molecule has 0 aromatic heterocycles. The predicted molar refractivity (Wildman–Crippen MR) is 37.6 cm³/mol. The Kier molecular flexibility index (Phi) is 4.65. The monoisotopic (exact) mass is 133 g/mol. The van der Waals surface area contributed by atoms with Crippen LogP contribution in [0.5, 0.6) is 0 Å². The molecule has 0 atom stereocenters. The number of hydrogen-bond acceptors (Lipinski definition) is 2. The van der Waals surface area contributed by atoms with Crippen LogP contribution in [0.2, 0.25) is 0 Å². The Bertz CT molecular complexity index is 74.8. The lowest BCUT2D eigenvalue weighted by Crippen LogP contribution is -2.12. The smallest absolute Gasteiger partial charge is 0.253 e. The Balaban J connectivity index is 2.82. The topological polar surface area (TPSA) is 35.2 Å². The van der Waals surface area contributed by atoms with Crippen molar-refractivity contribution in [1.29, 1.82) is 0 Å². The van der Waals surface area contributed by atoms with Crippen molar-refractivity contribution in [2.24, 2.45) is 5.73 Å². The largest absolute Gasteiger partial charge is 0.471 e. The summed E-state index contributed by atoms with van der Waals surface area (Å²) < 4.78 is 4.79. The zero-order valence-electron chi connectivity index (χ0n) is 5.02. The van der Waals surface area contributed by atoms with Crippen molar-refractivity contribution in [3.05, 3.63) is 0 Å². The molecule has 0 radical (unpaired) electrons. The molecule has 0 saturated carbocycles. The van der Waals surface area contributed by atoms with Crippen LogP contribution in [0.25, 0.3) is 0 Å². The van der Waals surface area contributed by atoms with Gasteiger partial charge < -0.3 is 10.5 Å². The fourth-order valence-electron chi connectivity index (χ4n) is 0.317. The van der Waals surface area contributed by atoms with Crippen LogP contribution in [0.3, 0.4) is 0 Å². The first-order valence-corrected chi connectivity index (χ1v) is 3.10. The number of ether oxygens (including phenoxy) is 1. The fourth-order valence-corrected chi connectivity index (χ4v) is 0.400. The van der Waals surface area contributed by atoms with Crippen molar-refractivity contribution >= 4 is 17.4 Å². The molecule has 2 nitrogen and oxygen atoms in total. The van der Waals surface area contributed by atoms with Crippen molar-refractivity contribution in [3.8, 4) is 0 Å². The fraction of sp³-hybridized carbons (Fsp3) is 0.800. The lowest BCUT2D eigenvalue weighted by molar-refractivity contribution is 0.300. The molecule has 0 saturated heterocycles. The first-order chi connectivity index (χ1) is 3.77. The molecule has 0 aliphatic heterocycles. The van der Waals surface area contributed by atoms with Crippen molar-refractivity contribution in [1.82, 2.24) is 0 Å². The van der Waals surface area contributed by atoms with Gasteiger partial charge in [0.05, 0.1) is 6.61 Å². The zero-order chi connectivity index (χ0) is 6.41. The van der Waals surface area contributed by atoms with E-state index in [1.165, 1.54) is 0 Å². The molecule has 0 amide bonds. The Morgan fingerprint density at radius 3 is 2.75 bits per heavy atom. The Labute approximate surface area is 55.0 Å². The van der Waals surface area contributed by atoms with Crippen molar-refractivity contribution in [3.63, 3.8) is 0 Å². The second-order valence-corrected chi connectivity index (χ2v) is 1.92. The van der Waals surface area contributed by atoms with Gasteiger partial charge in [0, 0.05) is 0 Å². The van der Waals surface area contributed by atoms with Gasteiger partial charge in [-0.05, 0) is 18.6 Å². The third-order valence-corrected chi connectivity index (χ3v) is 0.860. The highest BCUT2D eigenvalue weighted by Crippen LogP contribution is 1.86. The molecule has 0 aliphatic rings. The van der Waals surface area contributed by atoms with Gasteiger partial charge in [-0.3, -0.25) is 0 Å². The van der Waals surface area contributed by atoms with E-state index in [2.05, 4.69) is 19.1 Å². The summed E-state index contributed by atoms with van der Waals surface area (Å²) in [5, 5.41) is 0.151. The third kappa shape index (κ3) is 5.69. The summed E-state index contributed by atoms with van der Waals surface area (Å²) in [5.74, 6) is 0. The van der Waals surface area contributed by atoms with E-state index >= 15 is 0 Å². The molecular formula is C5H11NOS. The van der Waals surface area contributed by atoms with Crippen LogP contribution in [0.1, 0.15) is 19.8 Å². The standard InChI is InChI=1S/C5H11NOS/c1-2-3-4-7-5(6)8/h2-4H2,1H3,(H2,6,8). The maximum atomic E-state index is 5.04. The van der Waals surface area contributed by atoms with Crippen LogP contribution in [0, 0.1) is 0 Å². The molecule has 0 aromatic rings. The highest BCUT2D eigenvalue weighted by Gasteiger charge is 1.85. The van der Waals surface area contributed by atoms with Gasteiger partial charge in [0.1, 0.15) is 0 Å². The molecule has 0 aromatic carbocycles. The summed E-state index contributed by atoms with van der Waals surface area (Å²) >= 11 is 4.46. The summed E-state index contributed by atoms with van der Waals surface area (Å²) in [4.78, 5) is 0. The maximum Gasteiger partial charge on any atom is 0.253 e. The second kappa shape index (κ2) is 4.84. The molecular weight excluding hydrogens is 122 g/mol.